The number of benzene rings is 3. The number of amides is 2. The highest BCUT2D eigenvalue weighted by Gasteiger charge is 2.15. The molecule has 2 N–H and O–H groups in total. The molecule has 192 valence electrons. The van der Waals surface area contributed by atoms with Crippen LogP contribution in [0.2, 0.25) is 0 Å². The first-order chi connectivity index (χ1) is 17.9. The van der Waals surface area contributed by atoms with E-state index >= 15 is 0 Å². The summed E-state index contributed by atoms with van der Waals surface area (Å²) in [5, 5.41) is 6.74. The molecule has 0 heterocycles. The third-order valence-electron chi connectivity index (χ3n) is 5.32. The Morgan fingerprint density at radius 1 is 0.838 bits per heavy atom. The van der Waals surface area contributed by atoms with Gasteiger partial charge in [-0.2, -0.15) is 5.10 Å². The summed E-state index contributed by atoms with van der Waals surface area (Å²) in [6.45, 7) is 0. The van der Waals surface area contributed by atoms with Gasteiger partial charge < -0.3 is 24.4 Å². The fourth-order valence-electron chi connectivity index (χ4n) is 3.38. The number of carbonyl (C=O) groups is 2. The summed E-state index contributed by atoms with van der Waals surface area (Å²) in [6.07, 6.45) is 3.02. The first-order valence-corrected chi connectivity index (χ1v) is 11.3. The Labute approximate surface area is 216 Å². The molecule has 0 radical (unpaired) electrons. The Morgan fingerprint density at radius 2 is 1.46 bits per heavy atom. The lowest BCUT2D eigenvalue weighted by molar-refractivity contribution is -0.117. The van der Waals surface area contributed by atoms with Crippen LogP contribution in [0, 0.1) is 0 Å². The smallest absolute Gasteiger partial charge is 0.287 e. The van der Waals surface area contributed by atoms with Gasteiger partial charge in [-0.15, -0.1) is 0 Å². The van der Waals surface area contributed by atoms with Gasteiger partial charge in [-0.05, 0) is 48.0 Å². The van der Waals surface area contributed by atoms with Crippen LogP contribution in [-0.2, 0) is 4.79 Å². The molecule has 0 fully saturated rings. The van der Waals surface area contributed by atoms with Crippen LogP contribution < -0.4 is 29.9 Å². The van der Waals surface area contributed by atoms with E-state index in [9.17, 15) is 9.59 Å². The predicted molar refractivity (Wildman–Crippen MR) is 144 cm³/mol. The van der Waals surface area contributed by atoms with Crippen LogP contribution in [0.3, 0.4) is 0 Å². The van der Waals surface area contributed by atoms with E-state index in [1.54, 1.807) is 42.5 Å². The quantitative estimate of drug-likeness (QED) is 0.249. The zero-order chi connectivity index (χ0) is 26.8. The second-order valence-electron chi connectivity index (χ2n) is 8.02. The maximum absolute atomic E-state index is 13.0. The molecule has 0 spiro atoms. The number of nitrogens with one attached hydrogen (secondary N) is 2. The molecule has 9 nitrogen and oxygen atoms in total. The van der Waals surface area contributed by atoms with Crippen LogP contribution in [-0.4, -0.2) is 53.5 Å². The minimum absolute atomic E-state index is 0.0356. The lowest BCUT2D eigenvalue weighted by Crippen LogP contribution is -2.32. The monoisotopic (exact) mass is 502 g/mol. The van der Waals surface area contributed by atoms with Gasteiger partial charge in [0.1, 0.15) is 5.70 Å². The summed E-state index contributed by atoms with van der Waals surface area (Å²) >= 11 is 0. The van der Waals surface area contributed by atoms with Crippen molar-refractivity contribution in [1.29, 1.82) is 0 Å². The van der Waals surface area contributed by atoms with Gasteiger partial charge >= 0.3 is 0 Å². The standard InChI is InChI=1S/C28H30N4O5/c1-32(2)22-13-11-19(12-14-22)15-23(30-27(33)21-9-7-6-8-10-21)28(34)31-29-18-20-16-24(35-3)26(37-5)25(17-20)36-4/h6-18H,1-5H3,(H,30,33)(H,31,34). The molecule has 3 rings (SSSR count). The van der Waals surface area contributed by atoms with Crippen molar-refractivity contribution in [2.24, 2.45) is 5.10 Å². The highest BCUT2D eigenvalue weighted by atomic mass is 16.5. The number of anilines is 1. The van der Waals surface area contributed by atoms with E-state index in [4.69, 9.17) is 14.2 Å². The summed E-state index contributed by atoms with van der Waals surface area (Å²) in [6, 6.07) is 19.6. The van der Waals surface area contributed by atoms with E-state index in [0.717, 1.165) is 11.3 Å². The third-order valence-corrected chi connectivity index (χ3v) is 5.32. The number of hydrogen-bond acceptors (Lipinski definition) is 7. The van der Waals surface area contributed by atoms with Crippen LogP contribution in [0.1, 0.15) is 21.5 Å². The number of hydrazone groups is 1. The van der Waals surface area contributed by atoms with Crippen LogP contribution >= 0.6 is 0 Å². The van der Waals surface area contributed by atoms with Crippen molar-refractivity contribution in [1.82, 2.24) is 10.7 Å². The average molecular weight is 503 g/mol. The molecule has 3 aromatic rings. The highest BCUT2D eigenvalue weighted by molar-refractivity contribution is 6.05. The van der Waals surface area contributed by atoms with Crippen molar-refractivity contribution >= 4 is 29.8 Å². The number of rotatable bonds is 10. The molecule has 0 aliphatic heterocycles. The Hall–Kier alpha value is -4.79. The molecule has 2 amide bonds. The van der Waals surface area contributed by atoms with Crippen LogP contribution in [0.15, 0.2) is 77.5 Å². The molecule has 3 aromatic carbocycles. The first kappa shape index (κ1) is 26.8. The molecule has 0 aliphatic carbocycles. The van der Waals surface area contributed by atoms with E-state index in [2.05, 4.69) is 15.8 Å². The van der Waals surface area contributed by atoms with Crippen molar-refractivity contribution in [2.75, 3.05) is 40.3 Å². The second-order valence-corrected chi connectivity index (χ2v) is 8.02. The molecule has 0 aliphatic rings. The molecule has 37 heavy (non-hydrogen) atoms. The number of ether oxygens (including phenoxy) is 3. The molecule has 0 aromatic heterocycles. The molecule has 0 bridgehead atoms. The van der Waals surface area contributed by atoms with Crippen molar-refractivity contribution in [3.8, 4) is 17.2 Å². The highest BCUT2D eigenvalue weighted by Crippen LogP contribution is 2.37. The number of nitrogens with zero attached hydrogens (tertiary/aromatic N) is 2. The minimum atomic E-state index is -0.593. The van der Waals surface area contributed by atoms with E-state index < -0.39 is 11.8 Å². The zero-order valence-corrected chi connectivity index (χ0v) is 21.4. The Kier molecular flexibility index (Phi) is 9.26. The summed E-state index contributed by atoms with van der Waals surface area (Å²) < 4.78 is 16.0. The Morgan fingerprint density at radius 3 is 2.00 bits per heavy atom. The molecular weight excluding hydrogens is 472 g/mol. The minimum Gasteiger partial charge on any atom is -0.493 e. The first-order valence-electron chi connectivity index (χ1n) is 11.3. The summed E-state index contributed by atoms with van der Waals surface area (Å²) in [4.78, 5) is 27.8. The van der Waals surface area contributed by atoms with Gasteiger partial charge in [-0.1, -0.05) is 30.3 Å². The van der Waals surface area contributed by atoms with Crippen molar-refractivity contribution < 1.29 is 23.8 Å². The van der Waals surface area contributed by atoms with Crippen LogP contribution in [0.25, 0.3) is 6.08 Å². The van der Waals surface area contributed by atoms with Gasteiger partial charge in [-0.25, -0.2) is 5.43 Å². The molecular formula is C28H30N4O5. The normalized spacial score (nSPS) is 11.1. The van der Waals surface area contributed by atoms with Gasteiger partial charge in [0.25, 0.3) is 11.8 Å². The molecule has 9 heteroatoms. The molecule has 0 saturated heterocycles. The molecule has 0 unspecified atom stereocenters. The van der Waals surface area contributed by atoms with Crippen LogP contribution in [0.4, 0.5) is 5.69 Å². The van der Waals surface area contributed by atoms with E-state index in [0.29, 0.717) is 28.4 Å². The Balaban J connectivity index is 1.85. The van der Waals surface area contributed by atoms with Crippen LogP contribution in [0.5, 0.6) is 17.2 Å². The largest absolute Gasteiger partial charge is 0.493 e. The number of hydrogen-bond donors (Lipinski definition) is 2. The van der Waals surface area contributed by atoms with Gasteiger partial charge in [0.05, 0.1) is 27.5 Å². The lowest BCUT2D eigenvalue weighted by atomic mass is 10.1. The van der Waals surface area contributed by atoms with Crippen molar-refractivity contribution in [3.63, 3.8) is 0 Å². The fraction of sp³-hybridized carbons (Fsp3) is 0.179. The lowest BCUT2D eigenvalue weighted by Gasteiger charge is -2.13. The summed E-state index contributed by atoms with van der Waals surface area (Å²) in [7, 11) is 8.42. The van der Waals surface area contributed by atoms with Gasteiger partial charge in [-0.3, -0.25) is 9.59 Å². The molecule has 0 atom stereocenters. The number of methoxy groups -OCH3 is 3. The van der Waals surface area contributed by atoms with E-state index in [1.165, 1.54) is 27.5 Å². The summed E-state index contributed by atoms with van der Waals surface area (Å²) in [5.74, 6) is 0.337. The fourth-order valence-corrected chi connectivity index (χ4v) is 3.38. The van der Waals surface area contributed by atoms with E-state index in [-0.39, 0.29) is 5.70 Å². The van der Waals surface area contributed by atoms with Crippen molar-refractivity contribution in [3.05, 3.63) is 89.1 Å². The summed E-state index contributed by atoms with van der Waals surface area (Å²) in [5.41, 5.74) is 5.27. The Bertz CT molecular complexity index is 1260. The maximum Gasteiger partial charge on any atom is 0.287 e. The van der Waals surface area contributed by atoms with Gasteiger partial charge in [0.2, 0.25) is 5.75 Å². The zero-order valence-electron chi connectivity index (χ0n) is 21.4. The van der Waals surface area contributed by atoms with Gasteiger partial charge in [0.15, 0.2) is 11.5 Å². The second kappa shape index (κ2) is 12.8. The average Bonchev–Trinajstić information content (AvgIpc) is 2.92. The van der Waals surface area contributed by atoms with Gasteiger partial charge in [0, 0.05) is 30.9 Å². The van der Waals surface area contributed by atoms with E-state index in [1.807, 2.05) is 49.3 Å². The molecule has 0 saturated carbocycles. The topological polar surface area (TPSA) is 101 Å². The maximum atomic E-state index is 13.0. The predicted octanol–water partition coefficient (Wildman–Crippen LogP) is 3.70. The van der Waals surface area contributed by atoms with Crippen molar-refractivity contribution in [2.45, 2.75) is 0 Å². The SMILES string of the molecule is COc1cc(C=NNC(=O)C(=Cc2ccc(N(C)C)cc2)NC(=O)c2ccccc2)cc(OC)c1OC. The third kappa shape index (κ3) is 7.11. The number of carbonyl (C=O) groups excluding carboxylic acids is 2.